The molecule has 22 heavy (non-hydrogen) atoms. The van der Waals surface area contributed by atoms with Crippen LogP contribution in [0.3, 0.4) is 0 Å². The summed E-state index contributed by atoms with van der Waals surface area (Å²) in [7, 11) is 0. The highest BCUT2D eigenvalue weighted by Crippen LogP contribution is 2.47. The van der Waals surface area contributed by atoms with E-state index in [0.717, 1.165) is 0 Å². The number of aliphatic hydroxyl groups is 1. The van der Waals surface area contributed by atoms with Gasteiger partial charge in [0.25, 0.3) is 0 Å². The van der Waals surface area contributed by atoms with Gasteiger partial charge < -0.3 is 19.3 Å². The Hall–Kier alpha value is -1.32. The van der Waals surface area contributed by atoms with E-state index < -0.39 is 23.7 Å². The first-order valence-electron chi connectivity index (χ1n) is 6.89. The summed E-state index contributed by atoms with van der Waals surface area (Å²) in [4.78, 5) is 12.3. The van der Waals surface area contributed by atoms with Gasteiger partial charge in [0, 0.05) is 0 Å². The van der Waals surface area contributed by atoms with Gasteiger partial charge in [-0.05, 0) is 13.8 Å². The summed E-state index contributed by atoms with van der Waals surface area (Å²) < 4.78 is 19.4. The number of imidazole rings is 1. The Labute approximate surface area is 131 Å². The topological polar surface area (TPSA) is 91.5 Å². The fraction of sp³-hybridized carbons (Fsp3) is 0.615. The molecule has 2 aliphatic rings. The van der Waals surface area contributed by atoms with Crippen LogP contribution in [0, 0.1) is 0 Å². The number of aromatic nitrogens is 4. The van der Waals surface area contributed by atoms with Crippen LogP contribution >= 0.6 is 11.6 Å². The molecule has 2 aromatic heterocycles. The molecule has 2 aliphatic heterocycles. The van der Waals surface area contributed by atoms with Gasteiger partial charge in [0.15, 0.2) is 22.8 Å². The van der Waals surface area contributed by atoms with Gasteiger partial charge in [0.2, 0.25) is 0 Å². The van der Waals surface area contributed by atoms with Crippen molar-refractivity contribution in [3.05, 3.63) is 17.8 Å². The highest BCUT2D eigenvalue weighted by atomic mass is 35.5. The third-order valence-corrected chi connectivity index (χ3v) is 4.27. The van der Waals surface area contributed by atoms with E-state index in [9.17, 15) is 5.11 Å². The molecule has 118 valence electrons. The molecule has 0 aliphatic carbocycles. The molecular weight excluding hydrogens is 312 g/mol. The molecule has 0 radical (unpaired) electrons. The Balaban J connectivity index is 1.78. The van der Waals surface area contributed by atoms with Crippen LogP contribution in [0.4, 0.5) is 0 Å². The van der Waals surface area contributed by atoms with Crippen molar-refractivity contribution in [3.63, 3.8) is 0 Å². The van der Waals surface area contributed by atoms with Crippen LogP contribution in [0.15, 0.2) is 12.7 Å². The molecule has 9 heteroatoms. The molecule has 0 aromatic carbocycles. The Morgan fingerprint density at radius 1 is 1.41 bits per heavy atom. The third kappa shape index (κ3) is 1.88. The fourth-order valence-corrected chi connectivity index (χ4v) is 3.31. The van der Waals surface area contributed by atoms with Gasteiger partial charge in [-0.2, -0.15) is 0 Å². The first-order valence-corrected chi connectivity index (χ1v) is 7.27. The maximum Gasteiger partial charge on any atom is 0.167 e. The zero-order valence-corrected chi connectivity index (χ0v) is 12.8. The van der Waals surface area contributed by atoms with E-state index in [1.54, 1.807) is 10.9 Å². The van der Waals surface area contributed by atoms with Crippen molar-refractivity contribution >= 4 is 22.8 Å². The van der Waals surface area contributed by atoms with Crippen molar-refractivity contribution in [3.8, 4) is 0 Å². The Kier molecular flexibility index (Phi) is 2.98. The van der Waals surface area contributed by atoms with Crippen molar-refractivity contribution < 1.29 is 19.3 Å². The molecule has 3 unspecified atom stereocenters. The van der Waals surface area contributed by atoms with Gasteiger partial charge >= 0.3 is 0 Å². The lowest BCUT2D eigenvalue weighted by atomic mass is 10.0. The predicted octanol–water partition coefficient (Wildman–Crippen LogP) is 0.891. The third-order valence-electron chi connectivity index (χ3n) is 3.99. The lowest BCUT2D eigenvalue weighted by molar-refractivity contribution is -0.200. The van der Waals surface area contributed by atoms with Crippen molar-refractivity contribution in [2.24, 2.45) is 0 Å². The van der Waals surface area contributed by atoms with Crippen LogP contribution in [-0.2, 0) is 14.2 Å². The maximum absolute atomic E-state index is 9.78. The number of halogens is 1. The Morgan fingerprint density at radius 2 is 2.23 bits per heavy atom. The highest BCUT2D eigenvalue weighted by Gasteiger charge is 2.61. The Bertz CT molecular complexity index is 736. The summed E-state index contributed by atoms with van der Waals surface area (Å²) in [6.07, 6.45) is 1.97. The van der Waals surface area contributed by atoms with E-state index in [4.69, 9.17) is 25.8 Å². The lowest BCUT2D eigenvalue weighted by Gasteiger charge is -2.24. The lowest BCUT2D eigenvalue weighted by Crippen LogP contribution is -2.44. The number of ether oxygens (including phenoxy) is 3. The van der Waals surface area contributed by atoms with E-state index in [1.165, 1.54) is 6.33 Å². The quantitative estimate of drug-likeness (QED) is 0.819. The minimum absolute atomic E-state index is 0.194. The monoisotopic (exact) mass is 326 g/mol. The summed E-state index contributed by atoms with van der Waals surface area (Å²) in [6.45, 7) is 3.65. The summed E-state index contributed by atoms with van der Waals surface area (Å²) in [5.41, 5.74) is 0.154. The molecule has 0 saturated carbocycles. The van der Waals surface area contributed by atoms with E-state index in [-0.39, 0.29) is 18.4 Å². The van der Waals surface area contributed by atoms with Gasteiger partial charge in [0.1, 0.15) is 23.5 Å². The van der Waals surface area contributed by atoms with E-state index in [1.807, 2.05) is 13.8 Å². The molecule has 0 amide bonds. The molecule has 4 heterocycles. The molecule has 2 aromatic rings. The average Bonchev–Trinajstić information content (AvgIpc) is 3.09. The number of fused-ring (bicyclic) bond motifs is 2. The van der Waals surface area contributed by atoms with Crippen molar-refractivity contribution in [2.45, 2.75) is 37.6 Å². The molecule has 0 spiro atoms. The van der Waals surface area contributed by atoms with Gasteiger partial charge in [0.05, 0.1) is 19.5 Å². The van der Waals surface area contributed by atoms with Gasteiger partial charge in [-0.25, -0.2) is 15.0 Å². The first-order chi connectivity index (χ1) is 10.5. The van der Waals surface area contributed by atoms with Crippen LogP contribution in [0.5, 0.6) is 0 Å². The SMILES string of the molecule is CC1(C)OC2C(n3cnc4c(Cl)ncnc43)OCC2(CO)O1. The normalized spacial score (nSPS) is 33.5. The second-order valence-corrected chi connectivity index (χ2v) is 6.31. The molecule has 0 bridgehead atoms. The molecule has 2 fully saturated rings. The molecule has 8 nitrogen and oxygen atoms in total. The van der Waals surface area contributed by atoms with Crippen LogP contribution < -0.4 is 0 Å². The van der Waals surface area contributed by atoms with Crippen molar-refractivity contribution in [1.82, 2.24) is 19.5 Å². The molecule has 1 N–H and O–H groups in total. The zero-order chi connectivity index (χ0) is 15.5. The van der Waals surface area contributed by atoms with Gasteiger partial charge in [-0.15, -0.1) is 0 Å². The summed E-state index contributed by atoms with van der Waals surface area (Å²) >= 11 is 6.02. The van der Waals surface area contributed by atoms with E-state index in [2.05, 4.69) is 15.0 Å². The zero-order valence-electron chi connectivity index (χ0n) is 12.1. The predicted molar refractivity (Wildman–Crippen MR) is 75.2 cm³/mol. The maximum atomic E-state index is 9.78. The standard InChI is InChI=1S/C13H15ClN4O4/c1-12(2)21-8-11(20-4-13(8,3-19)22-12)18-6-17-7-9(14)15-5-16-10(7)18/h5-6,8,11,19H,3-4H2,1-2H3. The first kappa shape index (κ1) is 14.3. The number of hydrogen-bond donors (Lipinski definition) is 1. The van der Waals surface area contributed by atoms with Crippen LogP contribution in [-0.4, -0.2) is 55.3 Å². The Morgan fingerprint density at radius 3 is 3.00 bits per heavy atom. The van der Waals surface area contributed by atoms with Crippen LogP contribution in [0.1, 0.15) is 20.1 Å². The summed E-state index contributed by atoms with van der Waals surface area (Å²) in [6, 6.07) is 0. The second kappa shape index (κ2) is 4.59. The number of nitrogens with zero attached hydrogens (tertiary/aromatic N) is 4. The van der Waals surface area contributed by atoms with Gasteiger partial charge in [-0.1, -0.05) is 11.6 Å². The fourth-order valence-electron chi connectivity index (χ4n) is 3.13. The number of hydrogen-bond acceptors (Lipinski definition) is 7. The molecule has 2 saturated heterocycles. The largest absolute Gasteiger partial charge is 0.393 e. The van der Waals surface area contributed by atoms with E-state index in [0.29, 0.717) is 11.2 Å². The van der Waals surface area contributed by atoms with Gasteiger partial charge in [-0.3, -0.25) is 4.57 Å². The van der Waals surface area contributed by atoms with Crippen LogP contribution in [0.25, 0.3) is 11.2 Å². The average molecular weight is 327 g/mol. The number of rotatable bonds is 2. The minimum atomic E-state index is -0.887. The summed E-state index contributed by atoms with van der Waals surface area (Å²) in [5, 5.41) is 10.1. The van der Waals surface area contributed by atoms with Crippen LogP contribution in [0.2, 0.25) is 5.15 Å². The van der Waals surface area contributed by atoms with Crippen molar-refractivity contribution in [2.75, 3.05) is 13.2 Å². The number of aliphatic hydroxyl groups excluding tert-OH is 1. The molecular formula is C13H15ClN4O4. The molecule has 3 atom stereocenters. The second-order valence-electron chi connectivity index (χ2n) is 5.95. The van der Waals surface area contributed by atoms with Crippen molar-refractivity contribution in [1.29, 1.82) is 0 Å². The smallest absolute Gasteiger partial charge is 0.167 e. The minimum Gasteiger partial charge on any atom is -0.393 e. The highest BCUT2D eigenvalue weighted by molar-refractivity contribution is 6.33. The summed E-state index contributed by atoms with van der Waals surface area (Å²) in [5.74, 6) is -0.793. The molecule has 4 rings (SSSR count). The van der Waals surface area contributed by atoms with E-state index >= 15 is 0 Å².